The van der Waals surface area contributed by atoms with Crippen molar-refractivity contribution < 1.29 is 9.47 Å². The summed E-state index contributed by atoms with van der Waals surface area (Å²) in [6.45, 7) is 6.81. The summed E-state index contributed by atoms with van der Waals surface area (Å²) in [5, 5.41) is 8.67. The van der Waals surface area contributed by atoms with Crippen LogP contribution in [0.1, 0.15) is 11.1 Å². The lowest BCUT2D eigenvalue weighted by molar-refractivity contribution is 0.122. The van der Waals surface area contributed by atoms with Crippen LogP contribution in [0.5, 0.6) is 0 Å². The van der Waals surface area contributed by atoms with Crippen molar-refractivity contribution in [1.82, 2.24) is 10.9 Å². The van der Waals surface area contributed by atoms with Gasteiger partial charge in [0.25, 0.3) is 0 Å². The van der Waals surface area contributed by atoms with E-state index < -0.39 is 0 Å². The second-order valence-electron chi connectivity index (χ2n) is 7.45. The molecule has 0 saturated carbocycles. The van der Waals surface area contributed by atoms with Gasteiger partial charge < -0.3 is 19.3 Å². The first-order valence-electron chi connectivity index (χ1n) is 10.8. The molecule has 2 aromatic rings. The summed E-state index contributed by atoms with van der Waals surface area (Å²) in [6.07, 6.45) is 3.45. The molecule has 2 aliphatic heterocycles. The Morgan fingerprint density at radius 1 is 0.688 bits per heavy atom. The van der Waals surface area contributed by atoms with Gasteiger partial charge in [-0.15, -0.1) is 0 Å². The fraction of sp³-hybridized carbons (Fsp3) is 0.348. The third-order valence-corrected chi connectivity index (χ3v) is 5.48. The highest BCUT2D eigenvalue weighted by molar-refractivity contribution is 7.80. The number of nitrogens with one attached hydrogen (secondary N) is 2. The number of hydrogen-bond donors (Lipinski definition) is 2. The largest absolute Gasteiger partial charge is 0.378 e. The molecule has 0 atom stereocenters. The highest BCUT2D eigenvalue weighted by Gasteiger charge is 2.11. The van der Waals surface area contributed by atoms with E-state index in [2.05, 4.69) is 55.1 Å². The average Bonchev–Trinajstić information content (AvgIpc) is 2.86. The topological polar surface area (TPSA) is 73.7 Å². The zero-order valence-electron chi connectivity index (χ0n) is 17.9. The molecule has 2 aromatic carbocycles. The van der Waals surface area contributed by atoms with Crippen molar-refractivity contribution >= 4 is 41.1 Å². The number of nitrogens with zero attached hydrogens (tertiary/aromatic N) is 4. The molecule has 0 spiro atoms. The van der Waals surface area contributed by atoms with Crippen molar-refractivity contribution in [3.63, 3.8) is 0 Å². The normalized spacial score (nSPS) is 17.1. The molecule has 8 nitrogen and oxygen atoms in total. The summed E-state index contributed by atoms with van der Waals surface area (Å²) in [7, 11) is 0. The minimum Gasteiger partial charge on any atom is -0.378 e. The first-order valence-corrected chi connectivity index (χ1v) is 11.2. The Labute approximate surface area is 193 Å². The Kier molecular flexibility index (Phi) is 8.02. The lowest BCUT2D eigenvalue weighted by atomic mass is 10.2. The van der Waals surface area contributed by atoms with Gasteiger partial charge in [-0.25, -0.2) is 0 Å². The van der Waals surface area contributed by atoms with Crippen LogP contribution in [0.2, 0.25) is 0 Å². The first kappa shape index (κ1) is 22.2. The fourth-order valence-electron chi connectivity index (χ4n) is 3.54. The Balaban J connectivity index is 1.20. The summed E-state index contributed by atoms with van der Waals surface area (Å²) in [5.41, 5.74) is 9.92. The fourth-order valence-corrected chi connectivity index (χ4v) is 3.65. The van der Waals surface area contributed by atoms with E-state index in [4.69, 9.17) is 21.7 Å². The zero-order chi connectivity index (χ0) is 22.0. The molecule has 4 rings (SSSR count). The molecule has 0 unspecified atom stereocenters. The Bertz CT molecular complexity index is 845. The van der Waals surface area contributed by atoms with Gasteiger partial charge in [0.2, 0.25) is 5.11 Å². The van der Waals surface area contributed by atoms with Gasteiger partial charge in [0.05, 0.1) is 38.9 Å². The van der Waals surface area contributed by atoms with Crippen LogP contribution < -0.4 is 20.7 Å². The third kappa shape index (κ3) is 6.49. The quantitative estimate of drug-likeness (QED) is 0.395. The summed E-state index contributed by atoms with van der Waals surface area (Å²) in [6, 6.07) is 16.5. The molecule has 2 aliphatic rings. The van der Waals surface area contributed by atoms with E-state index in [0.29, 0.717) is 5.11 Å². The van der Waals surface area contributed by atoms with Crippen LogP contribution in [0.15, 0.2) is 58.7 Å². The van der Waals surface area contributed by atoms with Crippen molar-refractivity contribution in [2.75, 3.05) is 62.4 Å². The van der Waals surface area contributed by atoms with E-state index in [0.717, 1.165) is 63.7 Å². The predicted octanol–water partition coefficient (Wildman–Crippen LogP) is 2.19. The molecule has 2 saturated heterocycles. The van der Waals surface area contributed by atoms with Crippen LogP contribution in [0, 0.1) is 0 Å². The molecule has 0 amide bonds. The molecule has 2 heterocycles. The summed E-state index contributed by atoms with van der Waals surface area (Å²) in [5.74, 6) is 0. The van der Waals surface area contributed by atoms with E-state index in [1.165, 1.54) is 11.4 Å². The van der Waals surface area contributed by atoms with Gasteiger partial charge >= 0.3 is 0 Å². The molecule has 9 heteroatoms. The maximum atomic E-state index is 5.40. The number of thiocarbonyl (C=S) groups is 1. The number of ether oxygens (including phenoxy) is 2. The van der Waals surface area contributed by atoms with Crippen LogP contribution in [0.4, 0.5) is 11.4 Å². The summed E-state index contributed by atoms with van der Waals surface area (Å²) >= 11 is 5.21. The highest BCUT2D eigenvalue weighted by atomic mass is 32.1. The van der Waals surface area contributed by atoms with E-state index in [-0.39, 0.29) is 0 Å². The number of anilines is 2. The van der Waals surface area contributed by atoms with Crippen LogP contribution in [-0.4, -0.2) is 70.1 Å². The molecule has 32 heavy (non-hydrogen) atoms. The predicted molar refractivity (Wildman–Crippen MR) is 133 cm³/mol. The van der Waals surface area contributed by atoms with Gasteiger partial charge in [-0.3, -0.25) is 10.9 Å². The monoisotopic (exact) mass is 452 g/mol. The van der Waals surface area contributed by atoms with Crippen molar-refractivity contribution in [2.24, 2.45) is 10.2 Å². The van der Waals surface area contributed by atoms with Crippen LogP contribution in [-0.2, 0) is 9.47 Å². The van der Waals surface area contributed by atoms with E-state index in [9.17, 15) is 0 Å². The minimum absolute atomic E-state index is 0.326. The Morgan fingerprint density at radius 3 is 1.44 bits per heavy atom. The van der Waals surface area contributed by atoms with E-state index in [1.54, 1.807) is 12.4 Å². The van der Waals surface area contributed by atoms with Crippen LogP contribution in [0.3, 0.4) is 0 Å². The van der Waals surface area contributed by atoms with Crippen molar-refractivity contribution in [1.29, 1.82) is 0 Å². The zero-order valence-corrected chi connectivity index (χ0v) is 18.8. The van der Waals surface area contributed by atoms with Gasteiger partial charge in [-0.2, -0.15) is 10.2 Å². The van der Waals surface area contributed by atoms with E-state index >= 15 is 0 Å². The smallest absolute Gasteiger partial charge is 0.207 e. The van der Waals surface area contributed by atoms with Gasteiger partial charge in [-0.1, -0.05) is 24.3 Å². The minimum atomic E-state index is 0.326. The maximum Gasteiger partial charge on any atom is 0.207 e. The number of hydrazone groups is 2. The number of hydrogen-bond acceptors (Lipinski definition) is 7. The van der Waals surface area contributed by atoms with E-state index in [1.807, 2.05) is 24.3 Å². The standard InChI is InChI=1S/C23H28N6O2S/c32-23(26-24-17-19-1-5-21(6-2-19)28-9-13-30-14-10-28)27-25-18-20-3-7-22(8-4-20)29-11-15-31-16-12-29/h1-8,17-18H,9-16H2,(H2,26,27,32)/b24-17+,25-18+. The van der Waals surface area contributed by atoms with Gasteiger partial charge in [0.15, 0.2) is 0 Å². The molecule has 0 radical (unpaired) electrons. The second kappa shape index (κ2) is 11.6. The first-order chi connectivity index (χ1) is 15.8. The molecule has 0 aromatic heterocycles. The highest BCUT2D eigenvalue weighted by Crippen LogP contribution is 2.17. The number of morpholine rings is 2. The van der Waals surface area contributed by atoms with Crippen molar-refractivity contribution in [2.45, 2.75) is 0 Å². The summed E-state index contributed by atoms with van der Waals surface area (Å²) < 4.78 is 10.8. The number of rotatable bonds is 6. The molecule has 2 fully saturated rings. The molecule has 168 valence electrons. The molecular formula is C23H28N6O2S. The Hall–Kier alpha value is -3.01. The van der Waals surface area contributed by atoms with Gasteiger partial charge in [-0.05, 0) is 47.6 Å². The lowest BCUT2D eigenvalue weighted by Crippen LogP contribution is -2.36. The second-order valence-corrected chi connectivity index (χ2v) is 7.86. The lowest BCUT2D eigenvalue weighted by Gasteiger charge is -2.28. The maximum absolute atomic E-state index is 5.40. The van der Waals surface area contributed by atoms with Gasteiger partial charge in [0, 0.05) is 37.6 Å². The number of benzene rings is 2. The summed E-state index contributed by atoms with van der Waals surface area (Å²) in [4.78, 5) is 4.63. The average molecular weight is 453 g/mol. The van der Waals surface area contributed by atoms with Crippen LogP contribution >= 0.6 is 12.2 Å². The molecule has 0 bridgehead atoms. The molecule has 2 N–H and O–H groups in total. The molecule has 0 aliphatic carbocycles. The SMILES string of the molecule is S=C(N/N=C/c1ccc(N2CCOCC2)cc1)N/N=C/c1ccc(N2CCOCC2)cc1. The Morgan fingerprint density at radius 2 is 1.06 bits per heavy atom. The molecular weight excluding hydrogens is 424 g/mol. The van der Waals surface area contributed by atoms with Crippen molar-refractivity contribution in [3.8, 4) is 0 Å². The third-order valence-electron chi connectivity index (χ3n) is 5.30. The van der Waals surface area contributed by atoms with Crippen molar-refractivity contribution in [3.05, 3.63) is 59.7 Å². The van der Waals surface area contributed by atoms with Crippen LogP contribution in [0.25, 0.3) is 0 Å². The van der Waals surface area contributed by atoms with Gasteiger partial charge in [0.1, 0.15) is 0 Å².